The van der Waals surface area contributed by atoms with Crippen LogP contribution in [0.1, 0.15) is 6.23 Å². The van der Waals surface area contributed by atoms with Crippen molar-refractivity contribution in [3.63, 3.8) is 0 Å². The van der Waals surface area contributed by atoms with Crippen molar-refractivity contribution in [3.8, 4) is 5.88 Å². The van der Waals surface area contributed by atoms with Gasteiger partial charge in [-0.05, 0) is 0 Å². The van der Waals surface area contributed by atoms with Crippen LogP contribution in [-0.4, -0.2) is 98.8 Å². The molecule has 1 aliphatic heterocycles. The molecule has 0 bridgehead atoms. The fourth-order valence-corrected chi connectivity index (χ4v) is 6.01. The zero-order valence-corrected chi connectivity index (χ0v) is 21.9. The number of imidazole rings is 1. The number of aliphatic hydroxyl groups is 2. The summed E-state index contributed by atoms with van der Waals surface area (Å²) in [5.41, 5.74) is 5.42. The van der Waals surface area contributed by atoms with Crippen molar-refractivity contribution >= 4 is 70.1 Å². The molecule has 23 heteroatoms. The maximum atomic E-state index is 12.1. The van der Waals surface area contributed by atoms with Gasteiger partial charge in [-0.2, -0.15) is 8.62 Å². The molecule has 0 aliphatic carbocycles. The van der Waals surface area contributed by atoms with Gasteiger partial charge < -0.3 is 45.4 Å². The Kier molecular flexibility index (Phi) is 9.10. The van der Waals surface area contributed by atoms with E-state index in [1.807, 2.05) is 0 Å². The number of hydrogen-bond acceptors (Lipinski definition) is 13. The maximum absolute atomic E-state index is 12.1. The summed E-state index contributed by atoms with van der Waals surface area (Å²) in [4.78, 5) is 43.1. The number of aliphatic hydroxyl groups excluding tert-OH is 2. The molecule has 187 valence electrons. The molecule has 0 aromatic carbocycles. The molecule has 2 aromatic heterocycles. The smallest absolute Gasteiger partial charge is 0.490 e. The fourth-order valence-electron chi connectivity index (χ4n) is 2.98. The summed E-state index contributed by atoms with van der Waals surface area (Å²) in [6, 6.07) is 0. The Balaban J connectivity index is 0.00000408. The van der Waals surface area contributed by atoms with Crippen LogP contribution < -0.4 is 15.4 Å². The van der Waals surface area contributed by atoms with E-state index in [1.165, 1.54) is 17.9 Å². The van der Waals surface area contributed by atoms with E-state index in [0.29, 0.717) is 0 Å². The Morgan fingerprint density at radius 1 is 1.15 bits per heavy atom. The van der Waals surface area contributed by atoms with E-state index in [-0.39, 0.29) is 46.7 Å². The van der Waals surface area contributed by atoms with Crippen LogP contribution in [0.3, 0.4) is 0 Å². The standard InChI is InChI=1S/C11H18N5O14P3.Na/c1-15-3-16(8-5(15)9(19)14-11(12)13-8)10-7(18)6(17)4(28-10)2-27-32(23,24)30-33(25,26)29-31(20,21)22;/h3-4,6-7,10,17-18H,2H2,1H3,(H6-,12,13,14,19,20,21,22,23,24,25,26);/t4-,6-,7-,10-;/m1./s1. The minimum atomic E-state index is -5.73. The summed E-state index contributed by atoms with van der Waals surface area (Å²) in [7, 11) is -15.3. The van der Waals surface area contributed by atoms with Gasteiger partial charge in [-0.25, -0.2) is 23.2 Å². The van der Waals surface area contributed by atoms with Crippen LogP contribution in [0.4, 0.5) is 5.95 Å². The van der Waals surface area contributed by atoms with E-state index < -0.39 is 60.5 Å². The zero-order valence-electron chi connectivity index (χ0n) is 17.3. The van der Waals surface area contributed by atoms with Crippen LogP contribution in [0.5, 0.6) is 5.88 Å². The fraction of sp³-hybridized carbons (Fsp3) is 0.545. The number of nitrogens with zero attached hydrogens (tertiary/aromatic N) is 4. The van der Waals surface area contributed by atoms with Gasteiger partial charge in [-0.3, -0.25) is 9.09 Å². The first-order chi connectivity index (χ1) is 15.0. The molecule has 1 radical (unpaired) electrons. The first-order valence-corrected chi connectivity index (χ1v) is 13.0. The van der Waals surface area contributed by atoms with Crippen molar-refractivity contribution < 1.29 is 71.0 Å². The summed E-state index contributed by atoms with van der Waals surface area (Å²) < 4.78 is 53.3. The van der Waals surface area contributed by atoms with Crippen LogP contribution in [0.15, 0.2) is 6.33 Å². The summed E-state index contributed by atoms with van der Waals surface area (Å²) in [5.74, 6) is -1.10. The van der Waals surface area contributed by atoms with Gasteiger partial charge in [0.05, 0.1) is 13.7 Å². The topological polar surface area (TPSA) is 293 Å². The molecule has 0 spiro atoms. The minimum Gasteiger partial charge on any atom is -0.856 e. The van der Waals surface area contributed by atoms with E-state index in [9.17, 15) is 33.9 Å². The van der Waals surface area contributed by atoms with Crippen LogP contribution in [-0.2, 0) is 38.6 Å². The second-order valence-corrected chi connectivity index (χ2v) is 11.0. The van der Waals surface area contributed by atoms with Crippen LogP contribution >= 0.6 is 23.5 Å². The molecule has 1 aliphatic rings. The van der Waals surface area contributed by atoms with E-state index >= 15 is 0 Å². The predicted octanol–water partition coefficient (Wildman–Crippen LogP) is -3.51. The van der Waals surface area contributed by atoms with Crippen molar-refractivity contribution in [1.82, 2.24) is 14.5 Å². The van der Waals surface area contributed by atoms with E-state index in [1.54, 1.807) is 0 Å². The number of hydrogen-bond donors (Lipinski definition) is 7. The molecular formula is C11H18N5NaO14P3. The molecule has 0 amide bonds. The number of aryl methyl sites for hydroxylation is 1. The zero-order chi connectivity index (χ0) is 24.9. The first-order valence-electron chi connectivity index (χ1n) is 8.50. The third kappa shape index (κ3) is 6.80. The van der Waals surface area contributed by atoms with Crippen LogP contribution in [0.25, 0.3) is 11.2 Å². The quantitative estimate of drug-likeness (QED) is 0.0935. The number of rotatable bonds is 8. The molecule has 2 unspecified atom stereocenters. The molecule has 0 saturated carbocycles. The third-order valence-corrected chi connectivity index (χ3v) is 7.98. The Morgan fingerprint density at radius 3 is 2.35 bits per heavy atom. The molecule has 3 heterocycles. The second kappa shape index (κ2) is 10.4. The average molecular weight is 560 g/mol. The predicted molar refractivity (Wildman–Crippen MR) is 104 cm³/mol. The number of nitrogens with two attached hydrogens (primary N) is 1. The number of phosphoric ester groups is 1. The molecule has 6 atom stereocenters. The Bertz CT molecular complexity index is 1210. The SMILES string of the molecule is Cn1c[n+]([C@@H]2O[C@H](COP(=O)(O)OP(=O)(O)OP(=O)(O)O)[C@@H](O)[C@H]2O)c2nc(N)nc([O-])c21.[Na]. The van der Waals surface area contributed by atoms with Crippen molar-refractivity contribution in [2.45, 2.75) is 24.5 Å². The number of nitrogen functional groups attached to an aromatic ring is 1. The van der Waals surface area contributed by atoms with Gasteiger partial charge in [0.2, 0.25) is 6.23 Å². The maximum Gasteiger partial charge on any atom is 0.490 e. The number of fused-ring (bicyclic) bond motifs is 1. The Hall–Kier alpha value is -0.560. The van der Waals surface area contributed by atoms with E-state index in [4.69, 9.17) is 25.2 Å². The molecule has 8 N–H and O–H groups in total. The van der Waals surface area contributed by atoms with Crippen molar-refractivity contribution in [1.29, 1.82) is 0 Å². The van der Waals surface area contributed by atoms with E-state index in [2.05, 4.69) is 23.1 Å². The molecule has 2 aromatic rings. The van der Waals surface area contributed by atoms with Gasteiger partial charge in [-0.15, -0.1) is 0 Å². The largest absolute Gasteiger partial charge is 0.856 e. The molecular weight excluding hydrogens is 542 g/mol. The van der Waals surface area contributed by atoms with Crippen molar-refractivity contribution in [2.75, 3.05) is 12.3 Å². The van der Waals surface area contributed by atoms with Gasteiger partial charge >= 0.3 is 29.1 Å². The average Bonchev–Trinajstić information content (AvgIpc) is 3.07. The van der Waals surface area contributed by atoms with Gasteiger partial charge in [0, 0.05) is 35.4 Å². The summed E-state index contributed by atoms with van der Waals surface area (Å²) in [6.45, 7) is -1.01. The normalized spacial score (nSPS) is 26.7. The van der Waals surface area contributed by atoms with Crippen molar-refractivity contribution in [3.05, 3.63) is 6.33 Å². The summed E-state index contributed by atoms with van der Waals surface area (Å²) in [5, 5.41) is 32.6. The molecule has 1 fully saturated rings. The Labute approximate surface area is 211 Å². The van der Waals surface area contributed by atoms with Crippen LogP contribution in [0, 0.1) is 0 Å². The van der Waals surface area contributed by atoms with E-state index in [0.717, 1.165) is 4.57 Å². The Morgan fingerprint density at radius 2 is 1.76 bits per heavy atom. The van der Waals surface area contributed by atoms with Crippen LogP contribution in [0.2, 0.25) is 0 Å². The number of ether oxygens (including phenoxy) is 1. The second-order valence-electron chi connectivity index (χ2n) is 6.63. The third-order valence-electron chi connectivity index (χ3n) is 4.18. The van der Waals surface area contributed by atoms with Gasteiger partial charge in [0.25, 0.3) is 5.95 Å². The molecule has 34 heavy (non-hydrogen) atoms. The monoisotopic (exact) mass is 560 g/mol. The molecule has 3 rings (SSSR count). The van der Waals surface area contributed by atoms with Gasteiger partial charge in [-0.1, -0.05) is 4.98 Å². The number of phosphoric acid groups is 3. The number of aromatic nitrogens is 4. The summed E-state index contributed by atoms with van der Waals surface area (Å²) in [6.07, 6.45) is -5.06. The number of anilines is 1. The van der Waals surface area contributed by atoms with Crippen molar-refractivity contribution in [2.24, 2.45) is 7.05 Å². The van der Waals surface area contributed by atoms with Gasteiger partial charge in [0.15, 0.2) is 11.8 Å². The molecule has 1 saturated heterocycles. The van der Waals surface area contributed by atoms with Gasteiger partial charge in [0.1, 0.15) is 18.3 Å². The molecule has 19 nitrogen and oxygen atoms in total. The minimum absolute atomic E-state index is 0. The summed E-state index contributed by atoms with van der Waals surface area (Å²) >= 11 is 0. The first kappa shape index (κ1) is 29.7.